The number of aromatic nitrogens is 1. The van der Waals surface area contributed by atoms with Gasteiger partial charge in [0.2, 0.25) is 0 Å². The molecule has 0 N–H and O–H groups in total. The Bertz CT molecular complexity index is 546. The fraction of sp³-hybridized carbons (Fsp3) is 0.727. The lowest BCUT2D eigenvalue weighted by molar-refractivity contribution is 0.0787. The minimum absolute atomic E-state index is 0.0920. The van der Waals surface area contributed by atoms with Gasteiger partial charge in [-0.2, -0.15) is 0 Å². The van der Waals surface area contributed by atoms with Crippen LogP contribution in [0.1, 0.15) is 82.6 Å². The highest BCUT2D eigenvalue weighted by atomic mass is 16.2. The van der Waals surface area contributed by atoms with E-state index in [2.05, 4.69) is 23.9 Å². The molecule has 4 nitrogen and oxygen atoms in total. The Morgan fingerprint density at radius 1 is 1.15 bits per heavy atom. The fourth-order valence-corrected chi connectivity index (χ4v) is 4.24. The van der Waals surface area contributed by atoms with Crippen LogP contribution in [0.2, 0.25) is 0 Å². The third-order valence-electron chi connectivity index (χ3n) is 5.77. The normalized spacial score (nSPS) is 22.5. The number of pyridine rings is 1. The summed E-state index contributed by atoms with van der Waals surface area (Å²) in [5, 5.41) is 0. The molecule has 2 fully saturated rings. The van der Waals surface area contributed by atoms with Crippen molar-refractivity contribution in [2.45, 2.75) is 78.2 Å². The van der Waals surface area contributed by atoms with Gasteiger partial charge in [-0.1, -0.05) is 39.7 Å². The Hall–Kier alpha value is -1.58. The van der Waals surface area contributed by atoms with Crippen molar-refractivity contribution in [3.8, 4) is 0 Å². The zero-order valence-electron chi connectivity index (χ0n) is 17.2. The van der Waals surface area contributed by atoms with Crippen LogP contribution < -0.4 is 4.90 Å². The summed E-state index contributed by atoms with van der Waals surface area (Å²) in [4.78, 5) is 21.5. The van der Waals surface area contributed by atoms with E-state index in [4.69, 9.17) is 0 Å². The predicted octanol–water partition coefficient (Wildman–Crippen LogP) is 5.14. The number of hydrogen-bond donors (Lipinski definition) is 0. The quantitative estimate of drug-likeness (QED) is 0.730. The molecule has 1 aromatic heterocycles. The molecule has 0 aromatic carbocycles. The molecule has 0 atom stereocenters. The van der Waals surface area contributed by atoms with Crippen LogP contribution in [0.25, 0.3) is 0 Å². The first-order valence-electron chi connectivity index (χ1n) is 10.7. The van der Waals surface area contributed by atoms with Crippen LogP contribution in [0, 0.1) is 5.92 Å². The highest BCUT2D eigenvalue weighted by Gasteiger charge is 2.25. The van der Waals surface area contributed by atoms with Crippen molar-refractivity contribution in [3.05, 3.63) is 23.9 Å². The molecule has 146 valence electrons. The molecule has 1 aromatic rings. The minimum atomic E-state index is 0.0920. The molecule has 2 heterocycles. The topological polar surface area (TPSA) is 36.4 Å². The van der Waals surface area contributed by atoms with Crippen LogP contribution in [-0.2, 0) is 0 Å². The zero-order valence-corrected chi connectivity index (χ0v) is 17.2. The molecule has 0 spiro atoms. The molecule has 1 saturated carbocycles. The molecule has 1 aliphatic heterocycles. The Balaban J connectivity index is 0.00000117. The lowest BCUT2D eigenvalue weighted by Gasteiger charge is -2.35. The molecule has 0 bridgehead atoms. The number of rotatable bonds is 5. The largest absolute Gasteiger partial charge is 0.357 e. The number of hydrogen-bond acceptors (Lipinski definition) is 3. The summed E-state index contributed by atoms with van der Waals surface area (Å²) in [6, 6.07) is 6.43. The van der Waals surface area contributed by atoms with Gasteiger partial charge in [0.05, 0.1) is 0 Å². The van der Waals surface area contributed by atoms with Crippen LogP contribution in [0.4, 0.5) is 5.82 Å². The standard InChI is InChI=1S/C20H31N3O.C2H6/c1-3-7-16-10-12-17(13-11-16)22(2)19-9-6-8-18(21-19)20(24)23-14-4-5-15-23;1-2/h6,8-9,16-17H,3-5,7,10-15H2,1-2H3;1-2H3. The van der Waals surface area contributed by atoms with Gasteiger partial charge in [0.25, 0.3) is 5.91 Å². The van der Waals surface area contributed by atoms with Gasteiger partial charge in [0.1, 0.15) is 11.5 Å². The maximum Gasteiger partial charge on any atom is 0.272 e. The van der Waals surface area contributed by atoms with Gasteiger partial charge in [-0.05, 0) is 56.6 Å². The Kier molecular flexibility index (Phi) is 8.40. The van der Waals surface area contributed by atoms with Crippen LogP contribution in [0.5, 0.6) is 0 Å². The molecule has 1 aliphatic carbocycles. The molecular formula is C22H37N3O. The van der Waals surface area contributed by atoms with Crippen molar-refractivity contribution >= 4 is 11.7 Å². The van der Waals surface area contributed by atoms with E-state index >= 15 is 0 Å². The number of amides is 1. The van der Waals surface area contributed by atoms with E-state index in [1.807, 2.05) is 36.9 Å². The smallest absolute Gasteiger partial charge is 0.272 e. The van der Waals surface area contributed by atoms with Gasteiger partial charge in [-0.3, -0.25) is 4.79 Å². The molecule has 1 amide bonds. The van der Waals surface area contributed by atoms with Crippen LogP contribution in [0.3, 0.4) is 0 Å². The van der Waals surface area contributed by atoms with Crippen LogP contribution >= 0.6 is 0 Å². The summed E-state index contributed by atoms with van der Waals surface area (Å²) >= 11 is 0. The second kappa shape index (κ2) is 10.5. The SMILES string of the molecule is CC.CCCC1CCC(N(C)c2cccc(C(=O)N3CCCC3)n2)CC1. The van der Waals surface area contributed by atoms with Crippen molar-refractivity contribution in [1.29, 1.82) is 0 Å². The number of carbonyl (C=O) groups is 1. The summed E-state index contributed by atoms with van der Waals surface area (Å²) in [5.74, 6) is 1.95. The van der Waals surface area contributed by atoms with E-state index < -0.39 is 0 Å². The first-order chi connectivity index (χ1) is 12.7. The van der Waals surface area contributed by atoms with E-state index in [0.717, 1.165) is 37.7 Å². The summed E-state index contributed by atoms with van der Waals surface area (Å²) in [5.41, 5.74) is 0.598. The van der Waals surface area contributed by atoms with E-state index in [1.165, 1.54) is 38.5 Å². The molecule has 0 unspecified atom stereocenters. The summed E-state index contributed by atoms with van der Waals surface area (Å²) in [6.07, 6.45) is 10.0. The Morgan fingerprint density at radius 3 is 2.42 bits per heavy atom. The number of likely N-dealkylation sites (tertiary alicyclic amines) is 1. The lowest BCUT2D eigenvalue weighted by Crippen LogP contribution is -2.36. The van der Waals surface area contributed by atoms with Gasteiger partial charge in [0.15, 0.2) is 0 Å². The summed E-state index contributed by atoms with van der Waals surface area (Å²) in [6.45, 7) is 8.04. The average Bonchev–Trinajstić information content (AvgIpc) is 3.24. The molecule has 2 aliphatic rings. The van der Waals surface area contributed by atoms with E-state index in [-0.39, 0.29) is 5.91 Å². The Morgan fingerprint density at radius 2 is 1.81 bits per heavy atom. The van der Waals surface area contributed by atoms with Crippen LogP contribution in [0.15, 0.2) is 18.2 Å². The first kappa shape index (κ1) is 20.7. The van der Waals surface area contributed by atoms with Crippen molar-refractivity contribution in [1.82, 2.24) is 9.88 Å². The highest BCUT2D eigenvalue weighted by molar-refractivity contribution is 5.92. The highest BCUT2D eigenvalue weighted by Crippen LogP contribution is 2.31. The number of nitrogens with zero attached hydrogens (tertiary/aromatic N) is 3. The van der Waals surface area contributed by atoms with Crippen molar-refractivity contribution < 1.29 is 4.79 Å². The van der Waals surface area contributed by atoms with E-state index in [1.54, 1.807) is 0 Å². The van der Waals surface area contributed by atoms with Gasteiger partial charge >= 0.3 is 0 Å². The first-order valence-corrected chi connectivity index (χ1v) is 10.7. The number of carbonyl (C=O) groups excluding carboxylic acids is 1. The van der Waals surface area contributed by atoms with Crippen molar-refractivity contribution in [3.63, 3.8) is 0 Å². The molecule has 26 heavy (non-hydrogen) atoms. The minimum Gasteiger partial charge on any atom is -0.357 e. The summed E-state index contributed by atoms with van der Waals surface area (Å²) < 4.78 is 0. The van der Waals surface area contributed by atoms with Crippen molar-refractivity contribution in [2.24, 2.45) is 5.92 Å². The molecule has 4 heteroatoms. The van der Waals surface area contributed by atoms with Gasteiger partial charge in [-0.15, -0.1) is 0 Å². The zero-order chi connectivity index (χ0) is 18.9. The second-order valence-corrected chi connectivity index (χ2v) is 7.45. The van der Waals surface area contributed by atoms with E-state index in [9.17, 15) is 4.79 Å². The second-order valence-electron chi connectivity index (χ2n) is 7.45. The Labute approximate surface area is 160 Å². The van der Waals surface area contributed by atoms with Gasteiger partial charge < -0.3 is 9.80 Å². The van der Waals surface area contributed by atoms with Crippen molar-refractivity contribution in [2.75, 3.05) is 25.0 Å². The monoisotopic (exact) mass is 359 g/mol. The maximum absolute atomic E-state index is 12.6. The van der Waals surface area contributed by atoms with Crippen LogP contribution in [-0.4, -0.2) is 42.0 Å². The lowest BCUT2D eigenvalue weighted by atomic mass is 9.83. The molecular weight excluding hydrogens is 322 g/mol. The average molecular weight is 360 g/mol. The molecule has 1 saturated heterocycles. The van der Waals surface area contributed by atoms with Gasteiger partial charge in [-0.25, -0.2) is 4.98 Å². The maximum atomic E-state index is 12.6. The fourth-order valence-electron chi connectivity index (χ4n) is 4.24. The summed E-state index contributed by atoms with van der Waals surface area (Å²) in [7, 11) is 2.14. The molecule has 3 rings (SSSR count). The third-order valence-corrected chi connectivity index (χ3v) is 5.77. The predicted molar refractivity (Wildman–Crippen MR) is 110 cm³/mol. The number of anilines is 1. The molecule has 0 radical (unpaired) electrons. The van der Waals surface area contributed by atoms with Gasteiger partial charge in [0, 0.05) is 26.2 Å². The third kappa shape index (κ3) is 5.21. The van der Waals surface area contributed by atoms with E-state index in [0.29, 0.717) is 11.7 Å².